The summed E-state index contributed by atoms with van der Waals surface area (Å²) >= 11 is 0. The van der Waals surface area contributed by atoms with Crippen LogP contribution in [0.4, 0.5) is 4.79 Å². The van der Waals surface area contributed by atoms with Gasteiger partial charge in [0.25, 0.3) is 0 Å². The van der Waals surface area contributed by atoms with Gasteiger partial charge in [0.1, 0.15) is 0 Å². The molecule has 1 fully saturated rings. The number of urea groups is 1. The van der Waals surface area contributed by atoms with E-state index in [1.807, 2.05) is 24.3 Å². The molecule has 4 atom stereocenters. The lowest BCUT2D eigenvalue weighted by atomic mass is 9.75. The number of amides is 2. The van der Waals surface area contributed by atoms with Gasteiger partial charge >= 0.3 is 6.03 Å². The summed E-state index contributed by atoms with van der Waals surface area (Å²) in [5.74, 6) is 0.685. The van der Waals surface area contributed by atoms with Gasteiger partial charge in [-0.25, -0.2) is 4.79 Å². The lowest BCUT2D eigenvalue weighted by Gasteiger charge is -2.45. The third-order valence-corrected chi connectivity index (χ3v) is 6.08. The molecule has 1 saturated carbocycles. The van der Waals surface area contributed by atoms with E-state index < -0.39 is 6.10 Å². The average molecular weight is 345 g/mol. The van der Waals surface area contributed by atoms with Gasteiger partial charge in [-0.1, -0.05) is 44.0 Å². The van der Waals surface area contributed by atoms with E-state index in [9.17, 15) is 9.90 Å². The molecule has 5 heteroatoms. The standard InChI is InChI=1S/C20H31N3O2/c1-14-7-6-10-20(12-14,23(2)3)13-21-19(25)22-18-16-9-5-4-8-15(16)11-17(18)24/h4-5,8-9,14,17-18,24H,6-7,10-13H2,1-3H3,(H2,21,22,25)/t14-,17-,18+,20+/m0/s1. The molecule has 5 nitrogen and oxygen atoms in total. The number of nitrogens with zero attached hydrogens (tertiary/aromatic N) is 1. The molecule has 1 aromatic rings. The summed E-state index contributed by atoms with van der Waals surface area (Å²) in [5, 5.41) is 16.3. The largest absolute Gasteiger partial charge is 0.390 e. The number of carbonyl (C=O) groups excluding carboxylic acids is 1. The smallest absolute Gasteiger partial charge is 0.315 e. The molecule has 0 saturated heterocycles. The van der Waals surface area contributed by atoms with Gasteiger partial charge in [-0.3, -0.25) is 0 Å². The maximum absolute atomic E-state index is 12.5. The Labute approximate surface area is 150 Å². The molecular weight excluding hydrogens is 314 g/mol. The van der Waals surface area contributed by atoms with Crippen LogP contribution in [0, 0.1) is 5.92 Å². The Hall–Kier alpha value is -1.59. The van der Waals surface area contributed by atoms with Gasteiger partial charge in [0.05, 0.1) is 12.1 Å². The fourth-order valence-corrected chi connectivity index (χ4v) is 4.54. The van der Waals surface area contributed by atoms with E-state index in [-0.39, 0.29) is 17.6 Å². The van der Waals surface area contributed by atoms with E-state index in [2.05, 4.69) is 36.6 Å². The number of aliphatic hydroxyl groups excluding tert-OH is 1. The SMILES string of the molecule is C[C@H]1CCC[C@@](CNC(=O)N[C@@H]2c3ccccc3C[C@@H]2O)(N(C)C)C1. The van der Waals surface area contributed by atoms with Crippen LogP contribution in [0.25, 0.3) is 0 Å². The summed E-state index contributed by atoms with van der Waals surface area (Å²) in [6.45, 7) is 2.93. The summed E-state index contributed by atoms with van der Waals surface area (Å²) in [4.78, 5) is 14.8. The highest BCUT2D eigenvalue weighted by molar-refractivity contribution is 5.75. The fraction of sp³-hybridized carbons (Fsp3) is 0.650. The number of aliphatic hydroxyl groups is 1. The van der Waals surface area contributed by atoms with Crippen molar-refractivity contribution in [1.82, 2.24) is 15.5 Å². The number of fused-ring (bicyclic) bond motifs is 1. The molecular formula is C20H31N3O2. The third kappa shape index (κ3) is 3.82. The monoisotopic (exact) mass is 345 g/mol. The Morgan fingerprint density at radius 2 is 2.12 bits per heavy atom. The van der Waals surface area contributed by atoms with Gasteiger partial charge in [0.2, 0.25) is 0 Å². The number of nitrogens with one attached hydrogen (secondary N) is 2. The minimum Gasteiger partial charge on any atom is -0.390 e. The molecule has 3 rings (SSSR count). The van der Waals surface area contributed by atoms with Crippen LogP contribution in [-0.2, 0) is 6.42 Å². The highest BCUT2D eigenvalue weighted by atomic mass is 16.3. The van der Waals surface area contributed by atoms with Crippen LogP contribution in [0.15, 0.2) is 24.3 Å². The molecule has 0 unspecified atom stereocenters. The molecule has 1 aromatic carbocycles. The molecule has 2 aliphatic carbocycles. The highest BCUT2D eigenvalue weighted by Crippen LogP contribution is 2.35. The highest BCUT2D eigenvalue weighted by Gasteiger charge is 2.38. The third-order valence-electron chi connectivity index (χ3n) is 6.08. The molecule has 2 amide bonds. The molecule has 0 aliphatic heterocycles. The lowest BCUT2D eigenvalue weighted by Crippen LogP contribution is -2.56. The van der Waals surface area contributed by atoms with Crippen LogP contribution in [0.3, 0.4) is 0 Å². The van der Waals surface area contributed by atoms with Crippen LogP contribution in [0.2, 0.25) is 0 Å². The van der Waals surface area contributed by atoms with E-state index in [0.29, 0.717) is 18.9 Å². The van der Waals surface area contributed by atoms with E-state index in [1.54, 1.807) is 0 Å². The Kier molecular flexibility index (Phi) is 5.35. The maximum atomic E-state index is 12.5. The molecule has 0 bridgehead atoms. The molecule has 0 radical (unpaired) electrons. The normalized spacial score (nSPS) is 31.6. The minimum absolute atomic E-state index is 0.0290. The summed E-state index contributed by atoms with van der Waals surface area (Å²) in [6.07, 6.45) is 4.74. The van der Waals surface area contributed by atoms with Crippen molar-refractivity contribution in [1.29, 1.82) is 0 Å². The zero-order chi connectivity index (χ0) is 18.0. The molecule has 3 N–H and O–H groups in total. The summed E-state index contributed by atoms with van der Waals surface area (Å²) in [6, 6.07) is 7.41. The molecule has 0 heterocycles. The first kappa shape index (κ1) is 18.2. The van der Waals surface area contributed by atoms with E-state index in [4.69, 9.17) is 0 Å². The van der Waals surface area contributed by atoms with Crippen LogP contribution in [-0.4, -0.2) is 48.3 Å². The van der Waals surface area contributed by atoms with Gasteiger partial charge < -0.3 is 20.6 Å². The second-order valence-electron chi connectivity index (χ2n) is 8.10. The van der Waals surface area contributed by atoms with Crippen molar-refractivity contribution in [3.05, 3.63) is 35.4 Å². The number of likely N-dealkylation sites (N-methyl/N-ethyl adjacent to an activating group) is 1. The topological polar surface area (TPSA) is 64.6 Å². The molecule has 138 valence electrons. The Morgan fingerprint density at radius 3 is 2.84 bits per heavy atom. The van der Waals surface area contributed by atoms with Crippen molar-refractivity contribution in [3.63, 3.8) is 0 Å². The average Bonchev–Trinajstić information content (AvgIpc) is 2.89. The van der Waals surface area contributed by atoms with E-state index in [0.717, 1.165) is 24.0 Å². The second-order valence-corrected chi connectivity index (χ2v) is 8.10. The number of hydrogen-bond donors (Lipinski definition) is 3. The first-order chi connectivity index (χ1) is 11.9. The Bertz CT molecular complexity index is 619. The number of carbonyl (C=O) groups is 1. The second kappa shape index (κ2) is 7.34. The minimum atomic E-state index is -0.555. The number of hydrogen-bond acceptors (Lipinski definition) is 3. The first-order valence-electron chi connectivity index (χ1n) is 9.39. The van der Waals surface area contributed by atoms with Crippen molar-refractivity contribution < 1.29 is 9.90 Å². The van der Waals surface area contributed by atoms with E-state index >= 15 is 0 Å². The summed E-state index contributed by atoms with van der Waals surface area (Å²) in [7, 11) is 4.21. The van der Waals surface area contributed by atoms with Gasteiger partial charge in [-0.2, -0.15) is 0 Å². The maximum Gasteiger partial charge on any atom is 0.315 e. The van der Waals surface area contributed by atoms with Crippen molar-refractivity contribution in [2.45, 2.75) is 56.7 Å². The summed E-state index contributed by atoms with van der Waals surface area (Å²) in [5.41, 5.74) is 2.17. The Balaban J connectivity index is 1.61. The predicted octanol–water partition coefficient (Wildman–Crippen LogP) is 2.45. The molecule has 0 aromatic heterocycles. The van der Waals surface area contributed by atoms with E-state index in [1.165, 1.54) is 12.8 Å². The van der Waals surface area contributed by atoms with Crippen LogP contribution in [0.1, 0.15) is 49.8 Å². The van der Waals surface area contributed by atoms with Gasteiger partial charge in [0.15, 0.2) is 0 Å². The Morgan fingerprint density at radius 1 is 1.36 bits per heavy atom. The van der Waals surface area contributed by atoms with Gasteiger partial charge in [-0.05, 0) is 44.0 Å². The van der Waals surface area contributed by atoms with Crippen LogP contribution >= 0.6 is 0 Å². The lowest BCUT2D eigenvalue weighted by molar-refractivity contribution is 0.0766. The first-order valence-corrected chi connectivity index (χ1v) is 9.39. The zero-order valence-electron chi connectivity index (χ0n) is 15.6. The molecule has 0 spiro atoms. The van der Waals surface area contributed by atoms with Gasteiger partial charge in [0, 0.05) is 18.5 Å². The summed E-state index contributed by atoms with van der Waals surface area (Å²) < 4.78 is 0. The number of rotatable bonds is 4. The van der Waals surface area contributed by atoms with Crippen LogP contribution in [0.5, 0.6) is 0 Å². The predicted molar refractivity (Wildman–Crippen MR) is 99.5 cm³/mol. The van der Waals surface area contributed by atoms with Crippen molar-refractivity contribution in [3.8, 4) is 0 Å². The van der Waals surface area contributed by atoms with Gasteiger partial charge in [-0.15, -0.1) is 0 Å². The van der Waals surface area contributed by atoms with Crippen molar-refractivity contribution in [2.75, 3.05) is 20.6 Å². The van der Waals surface area contributed by atoms with Crippen molar-refractivity contribution >= 4 is 6.03 Å². The van der Waals surface area contributed by atoms with Crippen LogP contribution < -0.4 is 10.6 Å². The molecule has 2 aliphatic rings. The van der Waals surface area contributed by atoms with Crippen molar-refractivity contribution in [2.24, 2.45) is 5.92 Å². The molecule has 25 heavy (non-hydrogen) atoms. The quantitative estimate of drug-likeness (QED) is 0.785. The fourth-order valence-electron chi connectivity index (χ4n) is 4.54. The zero-order valence-corrected chi connectivity index (χ0v) is 15.6. The number of benzene rings is 1.